The fourth-order valence-electron chi connectivity index (χ4n) is 2.63. The van der Waals surface area contributed by atoms with E-state index in [1.54, 1.807) is 4.31 Å². The van der Waals surface area contributed by atoms with Gasteiger partial charge in [0.2, 0.25) is 0 Å². The summed E-state index contributed by atoms with van der Waals surface area (Å²) in [6.45, 7) is 3.52. The van der Waals surface area contributed by atoms with Crippen LogP contribution in [0, 0.1) is 0 Å². The topological polar surface area (TPSA) is 67.2 Å². The van der Waals surface area contributed by atoms with E-state index in [0.29, 0.717) is 18.1 Å². The van der Waals surface area contributed by atoms with Gasteiger partial charge in [0.1, 0.15) is 5.82 Å². The van der Waals surface area contributed by atoms with Crippen LogP contribution in [0.25, 0.3) is 0 Å². The SMILES string of the molecule is O=S(=O)(c1cnc2n1CCC2)N1CCCNCC1. The Kier molecular flexibility index (Phi) is 3.13. The van der Waals surface area contributed by atoms with Crippen molar-refractivity contribution >= 4 is 10.0 Å². The molecule has 100 valence electrons. The van der Waals surface area contributed by atoms with Crippen molar-refractivity contribution in [1.82, 2.24) is 19.2 Å². The van der Waals surface area contributed by atoms with Crippen molar-refractivity contribution in [2.24, 2.45) is 0 Å². The minimum Gasteiger partial charge on any atom is -0.318 e. The van der Waals surface area contributed by atoms with Crippen LogP contribution in [0.3, 0.4) is 0 Å². The third-order valence-electron chi connectivity index (χ3n) is 3.59. The molecule has 0 radical (unpaired) electrons. The van der Waals surface area contributed by atoms with Gasteiger partial charge in [-0.1, -0.05) is 0 Å². The molecule has 1 N–H and O–H groups in total. The first-order valence-electron chi connectivity index (χ1n) is 6.45. The second kappa shape index (κ2) is 4.64. The minimum absolute atomic E-state index is 0.372. The van der Waals surface area contributed by atoms with Gasteiger partial charge in [0, 0.05) is 32.6 Å². The van der Waals surface area contributed by atoms with Crippen LogP contribution < -0.4 is 5.32 Å². The first-order valence-corrected chi connectivity index (χ1v) is 7.89. The third-order valence-corrected chi connectivity index (χ3v) is 5.49. The highest BCUT2D eigenvalue weighted by molar-refractivity contribution is 7.89. The highest BCUT2D eigenvalue weighted by Crippen LogP contribution is 2.23. The molecule has 7 heteroatoms. The predicted octanol–water partition coefficient (Wildman–Crippen LogP) is -0.187. The second-order valence-corrected chi connectivity index (χ2v) is 6.66. The highest BCUT2D eigenvalue weighted by atomic mass is 32.2. The quantitative estimate of drug-likeness (QED) is 0.809. The van der Waals surface area contributed by atoms with Crippen molar-refractivity contribution in [3.05, 3.63) is 12.0 Å². The highest BCUT2D eigenvalue weighted by Gasteiger charge is 2.30. The average Bonchev–Trinajstić information content (AvgIpc) is 2.82. The molecular weight excluding hydrogens is 252 g/mol. The van der Waals surface area contributed by atoms with Gasteiger partial charge in [-0.2, -0.15) is 4.31 Å². The van der Waals surface area contributed by atoms with Crippen molar-refractivity contribution in [2.75, 3.05) is 26.2 Å². The minimum atomic E-state index is -3.37. The van der Waals surface area contributed by atoms with E-state index >= 15 is 0 Å². The zero-order valence-corrected chi connectivity index (χ0v) is 11.1. The average molecular weight is 270 g/mol. The summed E-state index contributed by atoms with van der Waals surface area (Å²) in [4.78, 5) is 4.22. The Balaban J connectivity index is 1.93. The summed E-state index contributed by atoms with van der Waals surface area (Å²) in [6.07, 6.45) is 4.26. The number of imidazole rings is 1. The molecule has 6 nitrogen and oxygen atoms in total. The standard InChI is InChI=1S/C11H18N4O2S/c16-18(17,14-6-2-4-12-5-8-14)11-9-13-10-3-1-7-15(10)11/h9,12H,1-8H2. The zero-order valence-electron chi connectivity index (χ0n) is 10.3. The lowest BCUT2D eigenvalue weighted by molar-refractivity contribution is 0.425. The smallest absolute Gasteiger partial charge is 0.260 e. The molecule has 0 aromatic carbocycles. The lowest BCUT2D eigenvalue weighted by Crippen LogP contribution is -2.35. The van der Waals surface area contributed by atoms with E-state index in [0.717, 1.165) is 44.7 Å². The lowest BCUT2D eigenvalue weighted by atomic mass is 10.4. The summed E-state index contributed by atoms with van der Waals surface area (Å²) in [5, 5.41) is 3.59. The number of hydrogen-bond donors (Lipinski definition) is 1. The number of hydrogen-bond acceptors (Lipinski definition) is 4. The molecule has 3 heterocycles. The summed E-state index contributed by atoms with van der Waals surface area (Å²) >= 11 is 0. The summed E-state index contributed by atoms with van der Waals surface area (Å²) in [5.41, 5.74) is 0. The van der Waals surface area contributed by atoms with Crippen molar-refractivity contribution in [3.8, 4) is 0 Å². The molecule has 0 unspecified atom stereocenters. The molecule has 18 heavy (non-hydrogen) atoms. The van der Waals surface area contributed by atoms with Crippen molar-refractivity contribution < 1.29 is 8.42 Å². The normalized spacial score (nSPS) is 21.8. The van der Waals surface area contributed by atoms with Crippen molar-refractivity contribution in [3.63, 3.8) is 0 Å². The van der Waals surface area contributed by atoms with Gasteiger partial charge in [0.15, 0.2) is 5.03 Å². The molecule has 0 spiro atoms. The van der Waals surface area contributed by atoms with E-state index in [9.17, 15) is 8.42 Å². The molecule has 0 amide bonds. The molecule has 0 bridgehead atoms. The fourth-order valence-corrected chi connectivity index (χ4v) is 4.26. The van der Waals surface area contributed by atoms with Gasteiger partial charge in [-0.15, -0.1) is 0 Å². The maximum atomic E-state index is 12.6. The summed E-state index contributed by atoms with van der Waals surface area (Å²) in [7, 11) is -3.37. The Morgan fingerprint density at radius 1 is 1.17 bits per heavy atom. The van der Waals surface area contributed by atoms with E-state index in [2.05, 4.69) is 10.3 Å². The molecule has 3 rings (SSSR count). The number of nitrogens with zero attached hydrogens (tertiary/aromatic N) is 3. The van der Waals surface area contributed by atoms with Crippen LogP contribution in [0.5, 0.6) is 0 Å². The molecule has 2 aliphatic rings. The van der Waals surface area contributed by atoms with Gasteiger partial charge < -0.3 is 9.88 Å². The Morgan fingerprint density at radius 3 is 2.94 bits per heavy atom. The molecule has 1 fully saturated rings. The number of rotatable bonds is 2. The van der Waals surface area contributed by atoms with Crippen LogP contribution in [-0.4, -0.2) is 48.5 Å². The monoisotopic (exact) mass is 270 g/mol. The molecule has 1 aromatic heterocycles. The van der Waals surface area contributed by atoms with Crippen LogP contribution in [0.4, 0.5) is 0 Å². The number of fused-ring (bicyclic) bond motifs is 1. The first-order chi connectivity index (χ1) is 8.69. The molecule has 1 saturated heterocycles. The van der Waals surface area contributed by atoms with Crippen molar-refractivity contribution in [1.29, 1.82) is 0 Å². The fraction of sp³-hybridized carbons (Fsp3) is 0.727. The van der Waals surface area contributed by atoms with E-state index in [1.165, 1.54) is 6.20 Å². The lowest BCUT2D eigenvalue weighted by Gasteiger charge is -2.19. The van der Waals surface area contributed by atoms with Gasteiger partial charge in [0.05, 0.1) is 6.20 Å². The van der Waals surface area contributed by atoms with Gasteiger partial charge in [-0.3, -0.25) is 0 Å². The van der Waals surface area contributed by atoms with Gasteiger partial charge in [-0.25, -0.2) is 13.4 Å². The predicted molar refractivity (Wildman–Crippen MR) is 66.8 cm³/mol. The Morgan fingerprint density at radius 2 is 2.06 bits per heavy atom. The Bertz CT molecular complexity index is 529. The zero-order chi connectivity index (χ0) is 12.6. The molecule has 2 aliphatic heterocycles. The maximum absolute atomic E-state index is 12.6. The Labute approximate surface area is 107 Å². The first kappa shape index (κ1) is 12.1. The summed E-state index contributed by atoms with van der Waals surface area (Å²) in [5.74, 6) is 0.904. The number of aromatic nitrogens is 2. The van der Waals surface area contributed by atoms with Crippen LogP contribution in [-0.2, 0) is 23.0 Å². The number of nitrogens with one attached hydrogen (secondary N) is 1. The molecule has 1 aromatic rings. The largest absolute Gasteiger partial charge is 0.318 e. The third kappa shape index (κ3) is 1.96. The van der Waals surface area contributed by atoms with Crippen LogP contribution >= 0.6 is 0 Å². The van der Waals surface area contributed by atoms with E-state index < -0.39 is 10.0 Å². The van der Waals surface area contributed by atoms with Gasteiger partial charge in [-0.05, 0) is 19.4 Å². The molecule has 0 atom stereocenters. The van der Waals surface area contributed by atoms with Gasteiger partial charge >= 0.3 is 0 Å². The molecular formula is C11H18N4O2S. The van der Waals surface area contributed by atoms with Crippen LogP contribution in [0.15, 0.2) is 11.2 Å². The van der Waals surface area contributed by atoms with Crippen molar-refractivity contribution in [2.45, 2.75) is 30.8 Å². The number of sulfonamides is 1. The van der Waals surface area contributed by atoms with Gasteiger partial charge in [0.25, 0.3) is 10.0 Å². The van der Waals surface area contributed by atoms with Crippen LogP contribution in [0.1, 0.15) is 18.7 Å². The Hall–Kier alpha value is -0.920. The van der Waals surface area contributed by atoms with E-state index in [4.69, 9.17) is 0 Å². The van der Waals surface area contributed by atoms with E-state index in [-0.39, 0.29) is 0 Å². The maximum Gasteiger partial charge on any atom is 0.260 e. The molecule has 0 aliphatic carbocycles. The van der Waals surface area contributed by atoms with Crippen LogP contribution in [0.2, 0.25) is 0 Å². The summed E-state index contributed by atoms with van der Waals surface area (Å²) in [6, 6.07) is 0. The summed E-state index contributed by atoms with van der Waals surface area (Å²) < 4.78 is 28.6. The van der Waals surface area contributed by atoms with E-state index in [1.807, 2.05) is 4.57 Å². The number of aryl methyl sites for hydroxylation is 1. The molecule has 0 saturated carbocycles. The second-order valence-electron chi connectivity index (χ2n) is 4.78.